The summed E-state index contributed by atoms with van der Waals surface area (Å²) >= 11 is 0. The third-order valence-corrected chi connectivity index (χ3v) is 6.04. The molecule has 0 aliphatic rings. The van der Waals surface area contributed by atoms with Crippen LogP contribution >= 0.6 is 0 Å². The predicted octanol–water partition coefficient (Wildman–Crippen LogP) is 4.42. The Morgan fingerprint density at radius 3 is 2.41 bits per heavy atom. The zero-order chi connectivity index (χ0) is 24.3. The number of ether oxygens (including phenoxy) is 2. The molecule has 0 fully saturated rings. The monoisotopic (exact) mass is 465 g/mol. The topological polar surface area (TPSA) is 65.7 Å². The maximum atomic E-state index is 5.88. The lowest BCUT2D eigenvalue weighted by Crippen LogP contribution is -2.34. The summed E-state index contributed by atoms with van der Waals surface area (Å²) in [5.74, 6) is 1.71. The molecule has 2 aromatic carbocycles. The van der Waals surface area contributed by atoms with Gasteiger partial charge in [-0.25, -0.2) is 0 Å². The Labute approximate surface area is 204 Å². The van der Waals surface area contributed by atoms with E-state index in [1.807, 2.05) is 37.5 Å². The van der Waals surface area contributed by atoms with Crippen molar-refractivity contribution in [3.63, 3.8) is 0 Å². The van der Waals surface area contributed by atoms with E-state index in [1.54, 1.807) is 7.11 Å². The van der Waals surface area contributed by atoms with Crippen LogP contribution in [-0.4, -0.2) is 68.6 Å². The molecular formula is C27H39N5O2. The first-order chi connectivity index (χ1) is 16.5. The summed E-state index contributed by atoms with van der Waals surface area (Å²) < 4.78 is 11.1. The van der Waals surface area contributed by atoms with E-state index in [2.05, 4.69) is 70.5 Å². The molecule has 3 rings (SSSR count). The zero-order valence-electron chi connectivity index (χ0n) is 21.2. The lowest BCUT2D eigenvalue weighted by Gasteiger charge is -2.23. The molecule has 0 spiro atoms. The Hall–Kier alpha value is -3.03. The van der Waals surface area contributed by atoms with E-state index in [0.717, 1.165) is 55.4 Å². The lowest BCUT2D eigenvalue weighted by atomic mass is 10.1. The summed E-state index contributed by atoms with van der Waals surface area (Å²) in [6, 6.07) is 16.9. The van der Waals surface area contributed by atoms with Gasteiger partial charge in [-0.1, -0.05) is 12.1 Å². The Morgan fingerprint density at radius 2 is 1.76 bits per heavy atom. The molecular weight excluding hydrogens is 426 g/mol. The minimum Gasteiger partial charge on any atom is -0.497 e. The van der Waals surface area contributed by atoms with Crippen molar-refractivity contribution in [1.29, 1.82) is 0 Å². The van der Waals surface area contributed by atoms with Crippen LogP contribution in [0.2, 0.25) is 0 Å². The summed E-state index contributed by atoms with van der Waals surface area (Å²) in [7, 11) is 5.81. The van der Waals surface area contributed by atoms with Gasteiger partial charge in [-0.3, -0.25) is 5.10 Å². The molecule has 0 radical (unpaired) electrons. The number of rotatable bonds is 14. The minimum absolute atomic E-state index is 0.446. The van der Waals surface area contributed by atoms with Gasteiger partial charge in [0, 0.05) is 49.0 Å². The van der Waals surface area contributed by atoms with E-state index in [1.165, 1.54) is 11.3 Å². The average molecular weight is 466 g/mol. The van der Waals surface area contributed by atoms with Gasteiger partial charge in [0.05, 0.1) is 25.6 Å². The molecule has 0 aliphatic carbocycles. The number of benzene rings is 2. The van der Waals surface area contributed by atoms with Crippen molar-refractivity contribution in [3.05, 3.63) is 60.3 Å². The molecule has 1 atom stereocenters. The maximum absolute atomic E-state index is 5.88. The van der Waals surface area contributed by atoms with Gasteiger partial charge in [-0.2, -0.15) is 5.10 Å². The second-order valence-corrected chi connectivity index (χ2v) is 8.66. The zero-order valence-corrected chi connectivity index (χ0v) is 21.2. The van der Waals surface area contributed by atoms with Crippen LogP contribution in [0.5, 0.6) is 11.5 Å². The van der Waals surface area contributed by atoms with Crippen LogP contribution in [0.1, 0.15) is 25.8 Å². The maximum Gasteiger partial charge on any atom is 0.119 e. The number of likely N-dealkylation sites (N-methyl/N-ethyl adjacent to an activating group) is 2. The van der Waals surface area contributed by atoms with Gasteiger partial charge >= 0.3 is 0 Å². The van der Waals surface area contributed by atoms with Gasteiger partial charge in [0.15, 0.2) is 0 Å². The lowest BCUT2D eigenvalue weighted by molar-refractivity contribution is 0.296. The Morgan fingerprint density at radius 1 is 1.06 bits per heavy atom. The molecule has 0 amide bonds. The molecule has 1 unspecified atom stereocenters. The first-order valence-electron chi connectivity index (χ1n) is 12.0. The van der Waals surface area contributed by atoms with Crippen molar-refractivity contribution in [1.82, 2.24) is 20.4 Å². The summed E-state index contributed by atoms with van der Waals surface area (Å²) in [5, 5.41) is 10.8. The van der Waals surface area contributed by atoms with E-state index in [4.69, 9.17) is 9.47 Å². The quantitative estimate of drug-likeness (QED) is 0.344. The van der Waals surface area contributed by atoms with E-state index >= 15 is 0 Å². The number of nitrogens with one attached hydrogen (secondary N) is 2. The molecule has 0 aliphatic heterocycles. The SMILES string of the molecule is CCN(CCCOc1ccc(OC)cc1)c1ccc(-c2[nH]ncc2CN(C)CC(C)NC)cc1. The van der Waals surface area contributed by atoms with E-state index < -0.39 is 0 Å². The van der Waals surface area contributed by atoms with Crippen LogP contribution in [0.4, 0.5) is 5.69 Å². The molecule has 1 aromatic heterocycles. The Kier molecular flexibility index (Phi) is 9.79. The largest absolute Gasteiger partial charge is 0.497 e. The molecule has 7 heteroatoms. The first-order valence-corrected chi connectivity index (χ1v) is 12.0. The van der Waals surface area contributed by atoms with Gasteiger partial charge in [0.25, 0.3) is 0 Å². The molecule has 0 saturated carbocycles. The van der Waals surface area contributed by atoms with Crippen LogP contribution in [0, 0.1) is 0 Å². The number of hydrogen-bond donors (Lipinski definition) is 2. The average Bonchev–Trinajstić information content (AvgIpc) is 3.32. The van der Waals surface area contributed by atoms with Crippen molar-refractivity contribution in [2.75, 3.05) is 52.3 Å². The summed E-state index contributed by atoms with van der Waals surface area (Å²) in [5.41, 5.74) is 4.68. The van der Waals surface area contributed by atoms with Gasteiger partial charge in [-0.15, -0.1) is 0 Å². The predicted molar refractivity (Wildman–Crippen MR) is 140 cm³/mol. The van der Waals surface area contributed by atoms with E-state index in [0.29, 0.717) is 12.6 Å². The third-order valence-electron chi connectivity index (χ3n) is 6.04. The summed E-state index contributed by atoms with van der Waals surface area (Å²) in [4.78, 5) is 4.69. The summed E-state index contributed by atoms with van der Waals surface area (Å²) in [6.07, 6.45) is 2.88. The normalized spacial score (nSPS) is 12.1. The van der Waals surface area contributed by atoms with Crippen LogP contribution in [0.25, 0.3) is 11.3 Å². The standard InChI is InChI=1S/C27H39N5O2/c1-6-32(16-7-17-34-26-14-12-25(33-5)13-15-26)24-10-8-22(9-11-24)27-23(18-29-30-27)20-31(4)19-21(2)28-3/h8-15,18,21,28H,6-7,16-17,19-20H2,1-5H3,(H,29,30). The van der Waals surface area contributed by atoms with Crippen LogP contribution in [-0.2, 0) is 6.54 Å². The summed E-state index contributed by atoms with van der Waals surface area (Å²) in [6.45, 7) is 8.78. The number of nitrogens with zero attached hydrogens (tertiary/aromatic N) is 3. The highest BCUT2D eigenvalue weighted by molar-refractivity contribution is 5.65. The molecule has 7 nitrogen and oxygen atoms in total. The highest BCUT2D eigenvalue weighted by Gasteiger charge is 2.12. The molecule has 1 heterocycles. The minimum atomic E-state index is 0.446. The molecule has 34 heavy (non-hydrogen) atoms. The fourth-order valence-electron chi connectivity index (χ4n) is 4.02. The molecule has 3 aromatic rings. The second kappa shape index (κ2) is 13.0. The number of hydrogen-bond acceptors (Lipinski definition) is 6. The van der Waals surface area contributed by atoms with Crippen molar-refractivity contribution in [2.45, 2.75) is 32.9 Å². The van der Waals surface area contributed by atoms with Crippen LogP contribution in [0.3, 0.4) is 0 Å². The van der Waals surface area contributed by atoms with E-state index in [-0.39, 0.29) is 0 Å². The van der Waals surface area contributed by atoms with Gasteiger partial charge in [-0.05, 0) is 70.8 Å². The van der Waals surface area contributed by atoms with Crippen molar-refractivity contribution >= 4 is 5.69 Å². The first kappa shape index (κ1) is 25.6. The third kappa shape index (κ3) is 7.23. The van der Waals surface area contributed by atoms with Crippen LogP contribution < -0.4 is 19.7 Å². The van der Waals surface area contributed by atoms with Gasteiger partial charge < -0.3 is 24.6 Å². The van der Waals surface area contributed by atoms with Crippen molar-refractivity contribution < 1.29 is 9.47 Å². The Balaban J connectivity index is 1.54. The van der Waals surface area contributed by atoms with Gasteiger partial charge in [0.1, 0.15) is 11.5 Å². The molecule has 0 bridgehead atoms. The highest BCUT2D eigenvalue weighted by atomic mass is 16.5. The molecule has 2 N–H and O–H groups in total. The van der Waals surface area contributed by atoms with Crippen LogP contribution in [0.15, 0.2) is 54.7 Å². The van der Waals surface area contributed by atoms with E-state index in [9.17, 15) is 0 Å². The number of anilines is 1. The second-order valence-electron chi connectivity index (χ2n) is 8.66. The number of methoxy groups -OCH3 is 1. The fraction of sp³-hybridized carbons (Fsp3) is 0.444. The van der Waals surface area contributed by atoms with Crippen molar-refractivity contribution in [3.8, 4) is 22.8 Å². The number of aromatic amines is 1. The number of aromatic nitrogens is 2. The smallest absolute Gasteiger partial charge is 0.119 e. The molecule has 0 saturated heterocycles. The highest BCUT2D eigenvalue weighted by Crippen LogP contribution is 2.25. The fourth-order valence-corrected chi connectivity index (χ4v) is 4.02. The number of H-pyrrole nitrogens is 1. The van der Waals surface area contributed by atoms with Gasteiger partial charge in [0.2, 0.25) is 0 Å². The van der Waals surface area contributed by atoms with Crippen molar-refractivity contribution in [2.24, 2.45) is 0 Å². The Bertz CT molecular complexity index is 971. The molecule has 184 valence electrons.